The van der Waals surface area contributed by atoms with Crippen LogP contribution in [0.3, 0.4) is 0 Å². The summed E-state index contributed by atoms with van der Waals surface area (Å²) in [6.07, 6.45) is 0. The van der Waals surface area contributed by atoms with E-state index in [-0.39, 0.29) is 6.54 Å². The van der Waals surface area contributed by atoms with Gasteiger partial charge in [0.1, 0.15) is 16.5 Å². The standard InChI is InChI=1S/C12H10BrF2NO2S2/c1-16(6-10-4-8(13)7-19-10)20(17,18)12-3-2-9(14)5-11(12)15/h2-5,7H,6H2,1H3. The Bertz CT molecular complexity index is 731. The minimum Gasteiger partial charge on any atom is -0.207 e. The van der Waals surface area contributed by atoms with Gasteiger partial charge in [0.2, 0.25) is 10.0 Å². The average Bonchev–Trinajstić information content (AvgIpc) is 2.74. The molecule has 8 heteroatoms. The van der Waals surface area contributed by atoms with Crippen LogP contribution in [0, 0.1) is 11.6 Å². The molecule has 0 aliphatic heterocycles. The van der Waals surface area contributed by atoms with Gasteiger partial charge in [-0.2, -0.15) is 4.31 Å². The van der Waals surface area contributed by atoms with Crippen molar-refractivity contribution in [2.45, 2.75) is 11.4 Å². The molecule has 0 spiro atoms. The van der Waals surface area contributed by atoms with Crippen molar-refractivity contribution in [3.05, 3.63) is 50.6 Å². The third-order valence-corrected chi connectivity index (χ3v) is 6.10. The first kappa shape index (κ1) is 15.6. The van der Waals surface area contributed by atoms with Crippen molar-refractivity contribution in [3.63, 3.8) is 0 Å². The highest BCUT2D eigenvalue weighted by Gasteiger charge is 2.25. The normalized spacial score (nSPS) is 12.1. The molecule has 20 heavy (non-hydrogen) atoms. The number of halogens is 3. The maximum atomic E-state index is 13.6. The lowest BCUT2D eigenvalue weighted by molar-refractivity contribution is 0.461. The van der Waals surface area contributed by atoms with Gasteiger partial charge in [-0.1, -0.05) is 0 Å². The summed E-state index contributed by atoms with van der Waals surface area (Å²) in [7, 11) is -2.64. The molecule has 1 aromatic carbocycles. The van der Waals surface area contributed by atoms with Gasteiger partial charge in [-0.3, -0.25) is 0 Å². The van der Waals surface area contributed by atoms with Crippen molar-refractivity contribution >= 4 is 37.3 Å². The fourth-order valence-corrected chi connectivity index (χ4v) is 4.37. The van der Waals surface area contributed by atoms with Crippen molar-refractivity contribution in [2.24, 2.45) is 0 Å². The Labute approximate surface area is 128 Å². The van der Waals surface area contributed by atoms with Crippen LogP contribution < -0.4 is 0 Å². The first-order valence-electron chi connectivity index (χ1n) is 5.45. The van der Waals surface area contributed by atoms with Crippen LogP contribution in [-0.4, -0.2) is 19.8 Å². The highest BCUT2D eigenvalue weighted by molar-refractivity contribution is 9.10. The third-order valence-electron chi connectivity index (χ3n) is 2.58. The number of nitrogens with zero attached hydrogens (tertiary/aromatic N) is 1. The molecule has 0 fully saturated rings. The predicted molar refractivity (Wildman–Crippen MR) is 77.0 cm³/mol. The summed E-state index contributed by atoms with van der Waals surface area (Å²) in [6, 6.07) is 4.20. The molecule has 0 aliphatic carbocycles. The van der Waals surface area contributed by atoms with Gasteiger partial charge < -0.3 is 0 Å². The lowest BCUT2D eigenvalue weighted by Gasteiger charge is -2.16. The zero-order chi connectivity index (χ0) is 14.9. The Balaban J connectivity index is 2.29. The second-order valence-electron chi connectivity index (χ2n) is 4.07. The van der Waals surface area contributed by atoms with E-state index >= 15 is 0 Å². The second-order valence-corrected chi connectivity index (χ2v) is 7.99. The smallest absolute Gasteiger partial charge is 0.207 e. The molecule has 0 N–H and O–H groups in total. The molecule has 0 bridgehead atoms. The summed E-state index contributed by atoms with van der Waals surface area (Å²) in [5.41, 5.74) is 0. The summed E-state index contributed by atoms with van der Waals surface area (Å²) < 4.78 is 52.8. The van der Waals surface area contributed by atoms with E-state index < -0.39 is 26.6 Å². The maximum absolute atomic E-state index is 13.6. The predicted octanol–water partition coefficient (Wildman–Crippen LogP) is 3.61. The molecular weight excluding hydrogens is 372 g/mol. The second kappa shape index (κ2) is 5.88. The Morgan fingerprint density at radius 2 is 2.00 bits per heavy atom. The number of sulfonamides is 1. The summed E-state index contributed by atoms with van der Waals surface area (Å²) in [5, 5.41) is 1.83. The number of hydrogen-bond acceptors (Lipinski definition) is 3. The zero-order valence-corrected chi connectivity index (χ0v) is 13.5. The largest absolute Gasteiger partial charge is 0.246 e. The first-order chi connectivity index (χ1) is 9.30. The van der Waals surface area contributed by atoms with Crippen LogP contribution in [0.1, 0.15) is 4.88 Å². The Kier molecular flexibility index (Phi) is 4.58. The SMILES string of the molecule is CN(Cc1cc(Br)cs1)S(=O)(=O)c1ccc(F)cc1F. The van der Waals surface area contributed by atoms with E-state index in [0.717, 1.165) is 25.8 Å². The van der Waals surface area contributed by atoms with Gasteiger partial charge in [0.15, 0.2) is 0 Å². The Morgan fingerprint density at radius 3 is 2.55 bits per heavy atom. The number of rotatable bonds is 4. The van der Waals surface area contributed by atoms with E-state index in [4.69, 9.17) is 0 Å². The molecule has 0 amide bonds. The number of benzene rings is 1. The molecule has 2 rings (SSSR count). The van der Waals surface area contributed by atoms with E-state index in [1.54, 1.807) is 6.07 Å². The van der Waals surface area contributed by atoms with Crippen molar-refractivity contribution in [2.75, 3.05) is 7.05 Å². The molecule has 0 radical (unpaired) electrons. The molecule has 3 nitrogen and oxygen atoms in total. The highest BCUT2D eigenvalue weighted by Crippen LogP contribution is 2.24. The molecule has 0 atom stereocenters. The average molecular weight is 382 g/mol. The van der Waals surface area contributed by atoms with Crippen molar-refractivity contribution in [3.8, 4) is 0 Å². The topological polar surface area (TPSA) is 37.4 Å². The van der Waals surface area contributed by atoms with Crippen molar-refractivity contribution < 1.29 is 17.2 Å². The van der Waals surface area contributed by atoms with Crippen LogP contribution in [0.4, 0.5) is 8.78 Å². The van der Waals surface area contributed by atoms with Gasteiger partial charge in [0.05, 0.1) is 0 Å². The summed E-state index contributed by atoms with van der Waals surface area (Å²) >= 11 is 4.67. The van der Waals surface area contributed by atoms with Gasteiger partial charge in [-0.05, 0) is 34.1 Å². The van der Waals surface area contributed by atoms with Crippen LogP contribution in [0.5, 0.6) is 0 Å². The van der Waals surface area contributed by atoms with Gasteiger partial charge in [-0.25, -0.2) is 17.2 Å². The fourth-order valence-electron chi connectivity index (χ4n) is 1.59. The van der Waals surface area contributed by atoms with E-state index in [2.05, 4.69) is 15.9 Å². The molecule has 0 unspecified atom stereocenters. The van der Waals surface area contributed by atoms with E-state index in [9.17, 15) is 17.2 Å². The van der Waals surface area contributed by atoms with E-state index in [0.29, 0.717) is 6.07 Å². The van der Waals surface area contributed by atoms with Gasteiger partial charge in [0.25, 0.3) is 0 Å². The molecule has 0 saturated heterocycles. The van der Waals surface area contributed by atoms with Crippen molar-refractivity contribution in [1.82, 2.24) is 4.31 Å². The van der Waals surface area contributed by atoms with Crippen LogP contribution in [0.15, 0.2) is 39.0 Å². The summed E-state index contributed by atoms with van der Waals surface area (Å²) in [4.78, 5) is 0.280. The minimum atomic E-state index is -3.99. The van der Waals surface area contributed by atoms with Gasteiger partial charge >= 0.3 is 0 Å². The van der Waals surface area contributed by atoms with E-state index in [1.165, 1.54) is 18.4 Å². The highest BCUT2D eigenvalue weighted by atomic mass is 79.9. The monoisotopic (exact) mass is 381 g/mol. The summed E-state index contributed by atoms with van der Waals surface area (Å²) in [6.45, 7) is 0.120. The quantitative estimate of drug-likeness (QED) is 0.810. The minimum absolute atomic E-state index is 0.120. The molecule has 0 aliphatic rings. The van der Waals surface area contributed by atoms with Gasteiger partial charge in [-0.15, -0.1) is 11.3 Å². The lowest BCUT2D eigenvalue weighted by atomic mass is 10.3. The summed E-state index contributed by atoms with van der Waals surface area (Å²) in [5.74, 6) is -1.91. The first-order valence-corrected chi connectivity index (χ1v) is 8.56. The molecule has 108 valence electrons. The van der Waals surface area contributed by atoms with Crippen molar-refractivity contribution in [1.29, 1.82) is 0 Å². The molecule has 1 aromatic heterocycles. The Morgan fingerprint density at radius 1 is 1.30 bits per heavy atom. The third kappa shape index (κ3) is 3.25. The van der Waals surface area contributed by atoms with E-state index in [1.807, 2.05) is 5.38 Å². The van der Waals surface area contributed by atoms with Gasteiger partial charge in [0, 0.05) is 34.4 Å². The molecule has 0 saturated carbocycles. The number of hydrogen-bond donors (Lipinski definition) is 0. The number of thiophene rings is 1. The van der Waals surface area contributed by atoms with Crippen LogP contribution in [0.25, 0.3) is 0 Å². The molecule has 1 heterocycles. The molecule has 2 aromatic rings. The van der Waals surface area contributed by atoms with Crippen LogP contribution in [0.2, 0.25) is 0 Å². The van der Waals surface area contributed by atoms with Crippen LogP contribution in [-0.2, 0) is 16.6 Å². The fraction of sp³-hybridized carbons (Fsp3) is 0.167. The maximum Gasteiger partial charge on any atom is 0.246 e. The zero-order valence-electron chi connectivity index (χ0n) is 10.3. The van der Waals surface area contributed by atoms with Crippen LogP contribution >= 0.6 is 27.3 Å². The lowest BCUT2D eigenvalue weighted by Crippen LogP contribution is -2.27. The Hall–Kier alpha value is -0.830. The molecular formula is C12H10BrF2NO2S2.